The summed E-state index contributed by atoms with van der Waals surface area (Å²) >= 11 is 0. The summed E-state index contributed by atoms with van der Waals surface area (Å²) in [5, 5.41) is 6.98. The van der Waals surface area contributed by atoms with Crippen LogP contribution in [0.1, 0.15) is 49.7 Å². The van der Waals surface area contributed by atoms with E-state index in [9.17, 15) is 26.4 Å². The number of anilines is 1. The number of sulfonamides is 1. The molecule has 0 radical (unpaired) electrons. The minimum atomic E-state index is -4.35. The van der Waals surface area contributed by atoms with Gasteiger partial charge in [-0.05, 0) is 45.2 Å². The van der Waals surface area contributed by atoms with E-state index in [0.717, 1.165) is 6.42 Å². The van der Waals surface area contributed by atoms with E-state index in [1.807, 2.05) is 18.7 Å². The largest absolute Gasteiger partial charge is 0.476 e. The lowest BCUT2D eigenvalue weighted by molar-refractivity contribution is -0.727. The quantitative estimate of drug-likeness (QED) is 0.379. The van der Waals surface area contributed by atoms with Crippen LogP contribution in [-0.2, 0) is 17.1 Å². The van der Waals surface area contributed by atoms with Crippen LogP contribution in [0.5, 0.6) is 5.88 Å². The summed E-state index contributed by atoms with van der Waals surface area (Å²) in [4.78, 5) is 19.9. The summed E-state index contributed by atoms with van der Waals surface area (Å²) in [6, 6.07) is 4.34. The lowest BCUT2D eigenvalue weighted by Gasteiger charge is -2.34. The van der Waals surface area contributed by atoms with Crippen LogP contribution in [0.3, 0.4) is 0 Å². The van der Waals surface area contributed by atoms with E-state index in [2.05, 4.69) is 26.8 Å². The third-order valence-electron chi connectivity index (χ3n) is 6.41. The monoisotopic (exact) mass is 604 g/mol. The van der Waals surface area contributed by atoms with Crippen molar-refractivity contribution in [1.82, 2.24) is 24.6 Å². The average Bonchev–Trinajstić information content (AvgIpc) is 3.48. The van der Waals surface area contributed by atoms with Gasteiger partial charge < -0.3 is 9.64 Å². The zero-order valence-electron chi connectivity index (χ0n) is 22.7. The van der Waals surface area contributed by atoms with Crippen LogP contribution >= 0.6 is 13.5 Å². The second kappa shape index (κ2) is 11.3. The summed E-state index contributed by atoms with van der Waals surface area (Å²) in [5.74, 6) is -0.0363. The minimum absolute atomic E-state index is 0. The second-order valence-electron chi connectivity index (χ2n) is 10.4. The summed E-state index contributed by atoms with van der Waals surface area (Å²) in [7, 11) is -2.56. The molecule has 4 heterocycles. The molecule has 11 nitrogen and oxygen atoms in total. The maximum Gasteiger partial charge on any atom is 0.392 e. The number of nitrogens with zero attached hydrogens (tertiary/aromatic N) is 5. The number of aromatic nitrogens is 5. The maximum atomic E-state index is 13.4. The van der Waals surface area contributed by atoms with Crippen molar-refractivity contribution in [3.8, 4) is 11.7 Å². The number of hydrogen-bond donors (Lipinski definition) is 2. The molecule has 0 spiro atoms. The first-order valence-electron chi connectivity index (χ1n) is 12.2. The Hall–Kier alpha value is -3.27. The Kier molecular flexibility index (Phi) is 8.84. The van der Waals surface area contributed by atoms with Gasteiger partial charge in [0.05, 0.1) is 24.3 Å². The molecule has 2 N–H and O–H groups in total. The molecule has 1 aliphatic heterocycles. The van der Waals surface area contributed by atoms with E-state index >= 15 is 0 Å². The molecule has 0 aromatic carbocycles. The van der Waals surface area contributed by atoms with Gasteiger partial charge in [-0.1, -0.05) is 6.92 Å². The normalized spacial score (nSPS) is 17.0. The van der Waals surface area contributed by atoms with E-state index in [1.54, 1.807) is 14.0 Å². The van der Waals surface area contributed by atoms with Gasteiger partial charge in [-0.3, -0.25) is 4.79 Å². The number of rotatable bonds is 8. The predicted octanol–water partition coefficient (Wildman–Crippen LogP) is 2.92. The van der Waals surface area contributed by atoms with Crippen molar-refractivity contribution < 1.29 is 35.8 Å². The van der Waals surface area contributed by atoms with E-state index in [0.29, 0.717) is 12.2 Å². The molecule has 4 rings (SSSR count). The molecule has 40 heavy (non-hydrogen) atoms. The lowest BCUT2D eigenvalue weighted by atomic mass is 9.97. The van der Waals surface area contributed by atoms with E-state index in [1.165, 1.54) is 40.0 Å². The first-order chi connectivity index (χ1) is 18.1. The molecule has 0 unspecified atom stereocenters. The standard InChI is InChI=1S/C24H30F3N7O4S.H2S/c1-15-12-23(3,4)33(13-15)21-17(22(35)31-39(36,37)18-14-32(5)29-16(18)2)6-7-19(28-21)34-10-8-20(30-34)38-11-9-24(25,26)27;/h6-8,10,14-15H,9,11-13H2,1-5H3,(H,31,35);1H2/p+1/t15-;/m0./s1. The van der Waals surface area contributed by atoms with Gasteiger partial charge in [0.15, 0.2) is 17.8 Å². The summed E-state index contributed by atoms with van der Waals surface area (Å²) < 4.78 is 73.4. The highest BCUT2D eigenvalue weighted by Gasteiger charge is 2.39. The summed E-state index contributed by atoms with van der Waals surface area (Å²) in [5.41, 5.74) is 0.0312. The molecule has 16 heteroatoms. The Bertz CT molecular complexity index is 1490. The van der Waals surface area contributed by atoms with Crippen LogP contribution in [0.2, 0.25) is 0 Å². The fourth-order valence-electron chi connectivity index (χ4n) is 4.82. The number of H-pyrrole nitrogens is 1. The third kappa shape index (κ3) is 6.89. The summed E-state index contributed by atoms with van der Waals surface area (Å²) in [6.07, 6.45) is -1.80. The van der Waals surface area contributed by atoms with Crippen molar-refractivity contribution >= 4 is 35.2 Å². The van der Waals surface area contributed by atoms with Crippen LogP contribution in [0, 0.1) is 12.8 Å². The van der Waals surface area contributed by atoms with E-state index in [-0.39, 0.29) is 52.9 Å². The van der Waals surface area contributed by atoms with Crippen molar-refractivity contribution in [3.05, 3.63) is 41.9 Å². The molecule has 0 aliphatic carbocycles. The molecule has 1 fully saturated rings. The summed E-state index contributed by atoms with van der Waals surface area (Å²) in [6.45, 7) is 7.67. The van der Waals surface area contributed by atoms with Crippen molar-refractivity contribution in [2.24, 2.45) is 13.0 Å². The van der Waals surface area contributed by atoms with Gasteiger partial charge in [0, 0.05) is 24.3 Å². The Morgan fingerprint density at radius 2 is 2.00 bits per heavy atom. The van der Waals surface area contributed by atoms with Gasteiger partial charge in [0.25, 0.3) is 15.9 Å². The molecule has 0 saturated carbocycles. The number of hydrogen-bond acceptors (Lipinski definition) is 7. The smallest absolute Gasteiger partial charge is 0.392 e. The zero-order chi connectivity index (χ0) is 28.8. The first-order valence-corrected chi connectivity index (χ1v) is 13.7. The van der Waals surface area contributed by atoms with Crippen LogP contribution in [-0.4, -0.2) is 59.1 Å². The highest BCUT2D eigenvalue weighted by atomic mass is 32.2. The molecule has 0 bridgehead atoms. The van der Waals surface area contributed by atoms with E-state index < -0.39 is 35.1 Å². The van der Waals surface area contributed by atoms with Gasteiger partial charge in [-0.2, -0.15) is 31.8 Å². The van der Waals surface area contributed by atoms with Gasteiger partial charge in [-0.15, -0.1) is 9.78 Å². The molecule has 1 atom stereocenters. The number of carbonyl (C=O) groups is 1. The molecule has 1 saturated heterocycles. The molecule has 1 aliphatic rings. The lowest BCUT2D eigenvalue weighted by Crippen LogP contribution is -2.41. The Morgan fingerprint density at radius 1 is 1.30 bits per heavy atom. The fourth-order valence-corrected chi connectivity index (χ4v) is 6.03. The van der Waals surface area contributed by atoms with Gasteiger partial charge in [0.1, 0.15) is 5.82 Å². The highest BCUT2D eigenvalue weighted by Crippen LogP contribution is 2.37. The number of nitrogens with one attached hydrogen (secondary N) is 2. The van der Waals surface area contributed by atoms with Crippen LogP contribution in [0.4, 0.5) is 19.0 Å². The van der Waals surface area contributed by atoms with Crippen LogP contribution in [0.15, 0.2) is 35.5 Å². The molecular weight excluding hydrogens is 571 g/mol. The molecule has 220 valence electrons. The van der Waals surface area contributed by atoms with Crippen molar-refractivity contribution in [1.29, 1.82) is 0 Å². The number of aromatic amines is 1. The fraction of sp³-hybridized carbons (Fsp3) is 0.500. The molecule has 1 amide bonds. The van der Waals surface area contributed by atoms with Gasteiger partial charge in [-0.25, -0.2) is 22.8 Å². The Morgan fingerprint density at radius 3 is 2.58 bits per heavy atom. The zero-order valence-corrected chi connectivity index (χ0v) is 24.5. The maximum absolute atomic E-state index is 13.4. The van der Waals surface area contributed by atoms with Gasteiger partial charge in [0.2, 0.25) is 12.1 Å². The number of aryl methyl sites for hydroxylation is 2. The van der Waals surface area contributed by atoms with E-state index in [4.69, 9.17) is 4.74 Å². The average molecular weight is 605 g/mol. The van der Waals surface area contributed by atoms with Crippen molar-refractivity contribution in [2.45, 2.75) is 57.1 Å². The van der Waals surface area contributed by atoms with Crippen LogP contribution < -0.4 is 19.0 Å². The van der Waals surface area contributed by atoms with Crippen LogP contribution in [0.25, 0.3) is 5.82 Å². The van der Waals surface area contributed by atoms with Gasteiger partial charge >= 0.3 is 6.18 Å². The molecule has 3 aromatic rings. The second-order valence-corrected chi connectivity index (χ2v) is 12.0. The SMILES string of the molecule is Cc1[nH][n+](C)cc1S(=O)(=O)NC(=O)c1ccc(-n2ccc(OCCC(F)(F)F)n2)nc1N1C[C@@H](C)CC1(C)C.S. The topological polar surface area (TPSA) is 126 Å². The molecular formula is C24H33F3N7O4S2+. The first kappa shape index (κ1) is 31.3. The Labute approximate surface area is 237 Å². The number of alkyl halides is 3. The number of pyridine rings is 1. The number of ether oxygens (including phenoxy) is 1. The Balaban J connectivity index is 0.00000441. The minimum Gasteiger partial charge on any atom is -0.476 e. The third-order valence-corrected chi connectivity index (χ3v) is 7.85. The predicted molar refractivity (Wildman–Crippen MR) is 144 cm³/mol. The highest BCUT2D eigenvalue weighted by molar-refractivity contribution is 7.90. The number of carbonyl (C=O) groups excluding carboxylic acids is 1. The number of amides is 1. The van der Waals surface area contributed by atoms with Crippen molar-refractivity contribution in [3.63, 3.8) is 0 Å². The van der Waals surface area contributed by atoms with Crippen molar-refractivity contribution in [2.75, 3.05) is 18.1 Å². The molecule has 3 aromatic heterocycles. The number of halogens is 3.